The van der Waals surface area contributed by atoms with Crippen molar-refractivity contribution in [2.75, 3.05) is 0 Å². The Bertz CT molecular complexity index is 456. The molecule has 0 bridgehead atoms. The number of nitrogens with two attached hydrogens (primary N) is 1. The Morgan fingerprint density at radius 1 is 1.39 bits per heavy atom. The normalized spacial score (nSPS) is 17.3. The van der Waals surface area contributed by atoms with E-state index in [0.717, 1.165) is 31.4 Å². The first-order valence-electron chi connectivity index (χ1n) is 6.99. The smallest absolute Gasteiger partial charge is 0.251 e. The fourth-order valence-electron chi connectivity index (χ4n) is 2.73. The maximum atomic E-state index is 11.8. The molecular formula is C14H23N3O. The summed E-state index contributed by atoms with van der Waals surface area (Å²) in [5.41, 5.74) is 6.68. The van der Waals surface area contributed by atoms with Gasteiger partial charge in [0.05, 0.1) is 11.2 Å². The van der Waals surface area contributed by atoms with Crippen LogP contribution in [0.2, 0.25) is 0 Å². The van der Waals surface area contributed by atoms with E-state index in [9.17, 15) is 4.79 Å². The molecule has 1 aliphatic carbocycles. The highest BCUT2D eigenvalue weighted by atomic mass is 16.1. The van der Waals surface area contributed by atoms with Crippen LogP contribution in [-0.4, -0.2) is 9.97 Å². The number of rotatable bonds is 4. The lowest BCUT2D eigenvalue weighted by atomic mass is 9.92. The van der Waals surface area contributed by atoms with Gasteiger partial charge in [-0.25, -0.2) is 4.98 Å². The summed E-state index contributed by atoms with van der Waals surface area (Å²) < 4.78 is 0. The SMILES string of the molecule is CCC(N)(CC)c1nc(C2CCCC2)cc(=O)[nH]1. The first-order chi connectivity index (χ1) is 8.59. The maximum Gasteiger partial charge on any atom is 0.251 e. The molecule has 0 amide bonds. The van der Waals surface area contributed by atoms with E-state index in [-0.39, 0.29) is 5.56 Å². The van der Waals surface area contributed by atoms with Crippen molar-refractivity contribution in [1.29, 1.82) is 0 Å². The highest BCUT2D eigenvalue weighted by Gasteiger charge is 2.28. The predicted molar refractivity (Wildman–Crippen MR) is 72.5 cm³/mol. The van der Waals surface area contributed by atoms with Gasteiger partial charge in [0.25, 0.3) is 5.56 Å². The molecule has 1 aromatic rings. The van der Waals surface area contributed by atoms with Crippen LogP contribution in [0.1, 0.15) is 69.8 Å². The van der Waals surface area contributed by atoms with Gasteiger partial charge in [-0.15, -0.1) is 0 Å². The molecule has 0 aliphatic heterocycles. The number of nitrogens with zero attached hydrogens (tertiary/aromatic N) is 1. The zero-order valence-corrected chi connectivity index (χ0v) is 11.3. The summed E-state index contributed by atoms with van der Waals surface area (Å²) in [7, 11) is 0. The van der Waals surface area contributed by atoms with Crippen molar-refractivity contribution in [1.82, 2.24) is 9.97 Å². The summed E-state index contributed by atoms with van der Waals surface area (Å²) in [5, 5.41) is 0. The van der Waals surface area contributed by atoms with Crippen LogP contribution in [-0.2, 0) is 5.54 Å². The van der Waals surface area contributed by atoms with Crippen molar-refractivity contribution in [3.8, 4) is 0 Å². The second kappa shape index (κ2) is 5.22. The Labute approximate surface area is 108 Å². The van der Waals surface area contributed by atoms with Crippen LogP contribution >= 0.6 is 0 Å². The van der Waals surface area contributed by atoms with E-state index < -0.39 is 5.54 Å². The third-order valence-corrected chi connectivity index (χ3v) is 4.27. The fraction of sp³-hybridized carbons (Fsp3) is 0.714. The average Bonchev–Trinajstić information content (AvgIpc) is 2.91. The first-order valence-corrected chi connectivity index (χ1v) is 6.99. The van der Waals surface area contributed by atoms with Crippen molar-refractivity contribution >= 4 is 0 Å². The largest absolute Gasteiger partial charge is 0.319 e. The Balaban J connectivity index is 2.40. The standard InChI is InChI=1S/C14H23N3O/c1-3-14(15,4-2)13-16-11(9-12(18)17-13)10-7-5-6-8-10/h9-10H,3-8,15H2,1-2H3,(H,16,17,18). The number of hydrogen-bond acceptors (Lipinski definition) is 3. The predicted octanol–water partition coefficient (Wildman–Crippen LogP) is 2.40. The van der Waals surface area contributed by atoms with Crippen LogP contribution in [0.3, 0.4) is 0 Å². The van der Waals surface area contributed by atoms with E-state index in [1.165, 1.54) is 12.8 Å². The van der Waals surface area contributed by atoms with Gasteiger partial charge in [-0.05, 0) is 25.7 Å². The number of H-pyrrole nitrogens is 1. The third-order valence-electron chi connectivity index (χ3n) is 4.27. The minimum Gasteiger partial charge on any atom is -0.319 e. The first kappa shape index (κ1) is 13.3. The molecule has 1 heterocycles. The molecule has 18 heavy (non-hydrogen) atoms. The van der Waals surface area contributed by atoms with E-state index >= 15 is 0 Å². The van der Waals surface area contributed by atoms with Gasteiger partial charge >= 0.3 is 0 Å². The number of hydrogen-bond donors (Lipinski definition) is 2. The zero-order valence-electron chi connectivity index (χ0n) is 11.3. The maximum absolute atomic E-state index is 11.8. The van der Waals surface area contributed by atoms with E-state index in [0.29, 0.717) is 11.7 Å². The molecule has 100 valence electrons. The molecular weight excluding hydrogens is 226 g/mol. The minimum atomic E-state index is -0.506. The van der Waals surface area contributed by atoms with E-state index in [4.69, 9.17) is 5.73 Å². The van der Waals surface area contributed by atoms with Gasteiger partial charge in [0.1, 0.15) is 5.82 Å². The van der Waals surface area contributed by atoms with E-state index in [2.05, 4.69) is 9.97 Å². The molecule has 0 radical (unpaired) electrons. The molecule has 0 atom stereocenters. The third kappa shape index (κ3) is 2.48. The fourth-order valence-corrected chi connectivity index (χ4v) is 2.73. The van der Waals surface area contributed by atoms with Gasteiger partial charge in [0.2, 0.25) is 0 Å². The number of aromatic nitrogens is 2. The summed E-state index contributed by atoms with van der Waals surface area (Å²) in [6.07, 6.45) is 6.33. The van der Waals surface area contributed by atoms with Crippen molar-refractivity contribution in [2.24, 2.45) is 5.73 Å². The average molecular weight is 249 g/mol. The Morgan fingerprint density at radius 2 is 2.00 bits per heavy atom. The van der Waals surface area contributed by atoms with Crippen molar-refractivity contribution in [3.05, 3.63) is 27.9 Å². The summed E-state index contributed by atoms with van der Waals surface area (Å²) >= 11 is 0. The molecule has 1 fully saturated rings. The molecule has 0 aromatic carbocycles. The van der Waals surface area contributed by atoms with Gasteiger partial charge in [-0.2, -0.15) is 0 Å². The quantitative estimate of drug-likeness (QED) is 0.860. The minimum absolute atomic E-state index is 0.0707. The molecule has 1 saturated carbocycles. The van der Waals surface area contributed by atoms with Crippen molar-refractivity contribution in [2.45, 2.75) is 63.8 Å². The van der Waals surface area contributed by atoms with Crippen LogP contribution < -0.4 is 11.3 Å². The summed E-state index contributed by atoms with van der Waals surface area (Å²) in [4.78, 5) is 19.3. The summed E-state index contributed by atoms with van der Waals surface area (Å²) in [6.45, 7) is 4.07. The lowest BCUT2D eigenvalue weighted by molar-refractivity contribution is 0.383. The van der Waals surface area contributed by atoms with Crippen LogP contribution in [0, 0.1) is 0 Å². The topological polar surface area (TPSA) is 71.8 Å². The van der Waals surface area contributed by atoms with Gasteiger partial charge in [-0.1, -0.05) is 26.7 Å². The van der Waals surface area contributed by atoms with Crippen LogP contribution in [0.25, 0.3) is 0 Å². The van der Waals surface area contributed by atoms with Gasteiger partial charge in [-0.3, -0.25) is 4.79 Å². The molecule has 1 aliphatic rings. The Hall–Kier alpha value is -1.16. The monoisotopic (exact) mass is 249 g/mol. The van der Waals surface area contributed by atoms with Crippen LogP contribution in [0.4, 0.5) is 0 Å². The lowest BCUT2D eigenvalue weighted by Gasteiger charge is -2.26. The molecule has 1 aromatic heterocycles. The highest BCUT2D eigenvalue weighted by molar-refractivity contribution is 5.14. The van der Waals surface area contributed by atoms with E-state index in [1.54, 1.807) is 6.07 Å². The molecule has 0 saturated heterocycles. The molecule has 4 nitrogen and oxygen atoms in total. The second-order valence-corrected chi connectivity index (χ2v) is 5.36. The molecule has 0 spiro atoms. The Morgan fingerprint density at radius 3 is 2.56 bits per heavy atom. The zero-order chi connectivity index (χ0) is 13.2. The van der Waals surface area contributed by atoms with Crippen LogP contribution in [0.15, 0.2) is 10.9 Å². The summed E-state index contributed by atoms with van der Waals surface area (Å²) in [6, 6.07) is 1.64. The number of aromatic amines is 1. The highest BCUT2D eigenvalue weighted by Crippen LogP contribution is 2.33. The van der Waals surface area contributed by atoms with Crippen molar-refractivity contribution in [3.63, 3.8) is 0 Å². The lowest BCUT2D eigenvalue weighted by Crippen LogP contribution is -2.39. The Kier molecular flexibility index (Phi) is 3.85. The number of nitrogens with one attached hydrogen (secondary N) is 1. The van der Waals surface area contributed by atoms with Gasteiger partial charge < -0.3 is 10.7 Å². The molecule has 0 unspecified atom stereocenters. The van der Waals surface area contributed by atoms with E-state index in [1.807, 2.05) is 13.8 Å². The molecule has 4 heteroatoms. The van der Waals surface area contributed by atoms with Crippen molar-refractivity contribution < 1.29 is 0 Å². The summed E-state index contributed by atoms with van der Waals surface area (Å²) in [5.74, 6) is 1.10. The second-order valence-electron chi connectivity index (χ2n) is 5.36. The molecule has 3 N–H and O–H groups in total. The van der Waals surface area contributed by atoms with Crippen LogP contribution in [0.5, 0.6) is 0 Å². The van der Waals surface area contributed by atoms with Gasteiger partial charge in [0, 0.05) is 12.0 Å². The van der Waals surface area contributed by atoms with Gasteiger partial charge in [0.15, 0.2) is 0 Å². The molecule has 2 rings (SSSR count).